The first-order chi connectivity index (χ1) is 11.3. The van der Waals surface area contributed by atoms with Crippen LogP contribution < -0.4 is 15.6 Å². The molecule has 9 heteroatoms. The lowest BCUT2D eigenvalue weighted by atomic mass is 9.78. The van der Waals surface area contributed by atoms with E-state index in [0.717, 1.165) is 0 Å². The van der Waals surface area contributed by atoms with Gasteiger partial charge in [0.2, 0.25) is 5.92 Å². The first-order valence-electron chi connectivity index (χ1n) is 7.59. The van der Waals surface area contributed by atoms with Crippen molar-refractivity contribution in [3.05, 3.63) is 23.3 Å². The lowest BCUT2D eigenvalue weighted by molar-refractivity contribution is -0.117. The van der Waals surface area contributed by atoms with Crippen LogP contribution >= 0.6 is 0 Å². The van der Waals surface area contributed by atoms with Gasteiger partial charge in [-0.05, 0) is 24.6 Å². The van der Waals surface area contributed by atoms with Gasteiger partial charge in [-0.15, -0.1) is 0 Å². The van der Waals surface area contributed by atoms with Crippen LogP contribution in [0, 0.1) is 12.8 Å². The van der Waals surface area contributed by atoms with Gasteiger partial charge in [0.25, 0.3) is 0 Å². The number of aromatic carboxylic acids is 1. The monoisotopic (exact) mass is 338 g/mol. The maximum Gasteiger partial charge on any atom is 0.336 e. The van der Waals surface area contributed by atoms with Gasteiger partial charge in [0.05, 0.1) is 16.9 Å². The summed E-state index contributed by atoms with van der Waals surface area (Å²) in [6, 6.07) is 3.11. The molecular weight excluding hydrogens is 322 g/mol. The smallest absolute Gasteiger partial charge is 0.336 e. The lowest BCUT2D eigenvalue weighted by Gasteiger charge is -2.44. The Balaban J connectivity index is 1.74. The molecule has 1 aromatic carbocycles. The van der Waals surface area contributed by atoms with E-state index in [2.05, 4.69) is 15.8 Å². The van der Waals surface area contributed by atoms with Crippen molar-refractivity contribution in [2.75, 3.05) is 10.2 Å². The Bertz CT molecular complexity index is 759. The molecule has 2 aliphatic heterocycles. The minimum atomic E-state index is -2.66. The number of rotatable bonds is 2. The zero-order valence-electron chi connectivity index (χ0n) is 12.8. The fourth-order valence-corrected chi connectivity index (χ4v) is 3.55. The summed E-state index contributed by atoms with van der Waals surface area (Å²) in [5.74, 6) is -3.74. The number of nitrogens with zero attached hydrogens (tertiary/aromatic N) is 2. The number of benzene rings is 1. The van der Waals surface area contributed by atoms with Crippen LogP contribution in [0.3, 0.4) is 0 Å². The van der Waals surface area contributed by atoms with Gasteiger partial charge in [-0.2, -0.15) is 5.10 Å². The minimum absolute atomic E-state index is 0.118. The molecule has 0 amide bonds. The molecule has 2 atom stereocenters. The molecule has 0 saturated heterocycles. The van der Waals surface area contributed by atoms with Crippen LogP contribution in [0.4, 0.5) is 20.2 Å². The number of hydrazone groups is 1. The number of carboxylic acids is 1. The number of hydrogen-bond donors (Lipinski definition) is 4. The van der Waals surface area contributed by atoms with Gasteiger partial charge in [0, 0.05) is 18.8 Å². The van der Waals surface area contributed by atoms with Crippen molar-refractivity contribution in [2.24, 2.45) is 11.0 Å². The van der Waals surface area contributed by atoms with E-state index in [0.29, 0.717) is 22.8 Å². The van der Waals surface area contributed by atoms with E-state index in [9.17, 15) is 23.8 Å². The van der Waals surface area contributed by atoms with Crippen LogP contribution in [0.15, 0.2) is 17.2 Å². The topological polar surface area (TPSA) is 97.2 Å². The van der Waals surface area contributed by atoms with E-state index >= 15 is 0 Å². The van der Waals surface area contributed by atoms with Crippen molar-refractivity contribution in [3.63, 3.8) is 0 Å². The zero-order chi connectivity index (χ0) is 17.2. The van der Waals surface area contributed by atoms with Gasteiger partial charge < -0.3 is 15.5 Å². The average molecular weight is 338 g/mol. The molecule has 3 aliphatic rings. The van der Waals surface area contributed by atoms with E-state index in [1.54, 1.807) is 17.9 Å². The normalized spacial score (nSPS) is 27.3. The number of nitrogens with one attached hydrogen (secondary N) is 2. The Morgan fingerprint density at radius 3 is 2.75 bits per heavy atom. The SMILES string of the molecule is Cc1cc2c(cc1C(=O)O)NC(O)C1=NN[C@H](C3CC(F)(F)C3)N12. The highest BCUT2D eigenvalue weighted by Crippen LogP contribution is 2.47. The third kappa shape index (κ3) is 2.11. The molecule has 0 bridgehead atoms. The number of carbonyl (C=O) groups is 1. The fourth-order valence-electron chi connectivity index (χ4n) is 3.55. The second-order valence-corrected chi connectivity index (χ2v) is 6.47. The number of amidine groups is 1. The maximum absolute atomic E-state index is 13.2. The van der Waals surface area contributed by atoms with Crippen molar-refractivity contribution >= 4 is 23.2 Å². The van der Waals surface area contributed by atoms with Gasteiger partial charge in [0.15, 0.2) is 12.1 Å². The summed E-state index contributed by atoms with van der Waals surface area (Å²) in [6.07, 6.45) is -2.10. The Kier molecular flexibility index (Phi) is 3.02. The van der Waals surface area contributed by atoms with Crippen LogP contribution in [0.1, 0.15) is 28.8 Å². The summed E-state index contributed by atoms with van der Waals surface area (Å²) < 4.78 is 26.5. The molecule has 4 rings (SSSR count). The quantitative estimate of drug-likeness (QED) is 0.653. The molecule has 1 unspecified atom stereocenters. The molecule has 7 nitrogen and oxygen atoms in total. The van der Waals surface area contributed by atoms with Gasteiger partial charge >= 0.3 is 5.97 Å². The second-order valence-electron chi connectivity index (χ2n) is 6.47. The number of fused-ring (bicyclic) bond motifs is 3. The molecule has 0 aromatic heterocycles. The number of anilines is 2. The number of hydrogen-bond acceptors (Lipinski definition) is 6. The Hall–Kier alpha value is -2.42. The molecule has 2 heterocycles. The highest BCUT2D eigenvalue weighted by molar-refractivity contribution is 6.09. The van der Waals surface area contributed by atoms with Crippen molar-refractivity contribution in [1.82, 2.24) is 5.43 Å². The summed E-state index contributed by atoms with van der Waals surface area (Å²) in [5, 5.41) is 26.3. The predicted octanol–water partition coefficient (Wildman–Crippen LogP) is 1.53. The number of carboxylic acid groups (broad SMARTS) is 1. The summed E-state index contributed by atoms with van der Waals surface area (Å²) in [4.78, 5) is 13.0. The molecule has 1 aliphatic carbocycles. The van der Waals surface area contributed by atoms with Gasteiger partial charge in [0.1, 0.15) is 6.17 Å². The standard InChI is InChI=1S/C15H16F2N4O3/c1-6-2-10-9(3-8(6)14(23)24)18-13(22)12-20-19-11(21(10)12)7-4-15(16,17)5-7/h2-3,7,11,13,18-19,22H,4-5H2,1H3,(H,23,24)/t11-,13?/m0/s1. The molecular formula is C15H16F2N4O3. The zero-order valence-corrected chi connectivity index (χ0v) is 12.8. The van der Waals surface area contributed by atoms with Crippen LogP contribution in [0.2, 0.25) is 0 Å². The van der Waals surface area contributed by atoms with Crippen LogP contribution in [0.25, 0.3) is 0 Å². The highest BCUT2D eigenvalue weighted by atomic mass is 19.3. The summed E-state index contributed by atoms with van der Waals surface area (Å²) in [6.45, 7) is 1.67. The number of alkyl halides is 2. The van der Waals surface area contributed by atoms with Crippen LogP contribution in [-0.4, -0.2) is 40.3 Å². The van der Waals surface area contributed by atoms with Gasteiger partial charge in [-0.3, -0.25) is 10.3 Å². The predicted molar refractivity (Wildman–Crippen MR) is 82.3 cm³/mol. The summed E-state index contributed by atoms with van der Waals surface area (Å²) in [5.41, 5.74) is 4.55. The molecule has 1 fully saturated rings. The van der Waals surface area contributed by atoms with Crippen molar-refractivity contribution < 1.29 is 23.8 Å². The molecule has 4 N–H and O–H groups in total. The number of aryl methyl sites for hydroxylation is 1. The molecule has 128 valence electrons. The largest absolute Gasteiger partial charge is 0.478 e. The third-order valence-electron chi connectivity index (χ3n) is 4.77. The second kappa shape index (κ2) is 4.79. The molecule has 24 heavy (non-hydrogen) atoms. The fraction of sp³-hybridized carbons (Fsp3) is 0.467. The van der Waals surface area contributed by atoms with E-state index < -0.39 is 24.3 Å². The van der Waals surface area contributed by atoms with Crippen LogP contribution in [-0.2, 0) is 0 Å². The number of aliphatic hydroxyl groups excluding tert-OH is 1. The van der Waals surface area contributed by atoms with E-state index in [1.807, 2.05) is 0 Å². The molecule has 1 aromatic rings. The van der Waals surface area contributed by atoms with E-state index in [-0.39, 0.29) is 24.3 Å². The number of aliphatic hydroxyl groups is 1. The Morgan fingerprint density at radius 1 is 1.42 bits per heavy atom. The Labute approximate surface area is 136 Å². The molecule has 0 radical (unpaired) electrons. The molecule has 1 saturated carbocycles. The summed E-state index contributed by atoms with van der Waals surface area (Å²) >= 11 is 0. The average Bonchev–Trinajstić information content (AvgIpc) is 2.90. The lowest BCUT2D eigenvalue weighted by Crippen LogP contribution is -2.56. The van der Waals surface area contributed by atoms with Gasteiger partial charge in [-0.25, -0.2) is 13.6 Å². The van der Waals surface area contributed by atoms with Crippen LogP contribution in [0.5, 0.6) is 0 Å². The summed E-state index contributed by atoms with van der Waals surface area (Å²) in [7, 11) is 0. The maximum atomic E-state index is 13.2. The first kappa shape index (κ1) is 15.1. The first-order valence-corrected chi connectivity index (χ1v) is 7.59. The van der Waals surface area contributed by atoms with Crippen molar-refractivity contribution in [1.29, 1.82) is 0 Å². The van der Waals surface area contributed by atoms with Crippen molar-refractivity contribution in [2.45, 2.75) is 38.1 Å². The number of halogens is 2. The van der Waals surface area contributed by atoms with Gasteiger partial charge in [-0.1, -0.05) is 0 Å². The van der Waals surface area contributed by atoms with E-state index in [1.165, 1.54) is 6.07 Å². The minimum Gasteiger partial charge on any atom is -0.478 e. The highest BCUT2D eigenvalue weighted by Gasteiger charge is 2.53. The Morgan fingerprint density at radius 2 is 2.12 bits per heavy atom. The van der Waals surface area contributed by atoms with Crippen molar-refractivity contribution in [3.8, 4) is 0 Å². The third-order valence-corrected chi connectivity index (χ3v) is 4.77. The molecule has 0 spiro atoms. The van der Waals surface area contributed by atoms with E-state index in [4.69, 9.17) is 0 Å².